The molecule has 0 aromatic heterocycles. The minimum atomic E-state index is -0.875. The van der Waals surface area contributed by atoms with Crippen LogP contribution in [0, 0.1) is 17.2 Å². The molecule has 5 heteroatoms. The summed E-state index contributed by atoms with van der Waals surface area (Å²) in [6.07, 6.45) is 1.29. The van der Waals surface area contributed by atoms with Crippen LogP contribution in [0.15, 0.2) is 17.1 Å². The number of Topliss-reactive ketones (excluding diaryl/α,β-unsaturated/α-hetero) is 1. The number of ether oxygens (including phenoxy) is 1. The highest BCUT2D eigenvalue weighted by molar-refractivity contribution is 6.14. The Bertz CT molecular complexity index is 529. The van der Waals surface area contributed by atoms with E-state index in [2.05, 4.69) is 4.99 Å². The van der Waals surface area contributed by atoms with E-state index < -0.39 is 5.92 Å². The fraction of sp³-hybridized carbons (Fsp3) is 0.182. The first kappa shape index (κ1) is 10.2. The zero-order valence-electron chi connectivity index (χ0n) is 8.47. The summed E-state index contributed by atoms with van der Waals surface area (Å²) in [6.45, 7) is 0. The quantitative estimate of drug-likeness (QED) is 0.769. The number of carbonyl (C=O) groups excluding carboxylic acids is 1. The van der Waals surface area contributed by atoms with Crippen molar-refractivity contribution in [2.45, 2.75) is 0 Å². The number of carbonyl (C=O) groups is 1. The van der Waals surface area contributed by atoms with Crippen molar-refractivity contribution in [3.8, 4) is 17.6 Å². The van der Waals surface area contributed by atoms with E-state index in [1.54, 1.807) is 0 Å². The van der Waals surface area contributed by atoms with E-state index in [4.69, 9.17) is 10.00 Å². The summed E-state index contributed by atoms with van der Waals surface area (Å²) in [5.74, 6) is -1.12. The van der Waals surface area contributed by atoms with E-state index in [0.717, 1.165) is 0 Å². The molecule has 0 saturated carbocycles. The molecule has 0 saturated heterocycles. The molecule has 0 amide bonds. The zero-order valence-corrected chi connectivity index (χ0v) is 8.47. The number of benzene rings is 1. The summed E-state index contributed by atoms with van der Waals surface area (Å²) in [4.78, 5) is 15.7. The molecule has 0 spiro atoms. The van der Waals surface area contributed by atoms with Crippen LogP contribution in [0.2, 0.25) is 0 Å². The molecule has 0 fully saturated rings. The lowest BCUT2D eigenvalue weighted by Crippen LogP contribution is -2.17. The van der Waals surface area contributed by atoms with Gasteiger partial charge in [0.05, 0.1) is 18.9 Å². The number of ketones is 1. The fourth-order valence-corrected chi connectivity index (χ4v) is 1.51. The Morgan fingerprint density at radius 2 is 2.31 bits per heavy atom. The first-order valence-corrected chi connectivity index (χ1v) is 4.56. The number of phenolic OH excluding ortho intramolecular Hbond substituents is 1. The predicted molar refractivity (Wildman–Crippen MR) is 56.2 cm³/mol. The summed E-state index contributed by atoms with van der Waals surface area (Å²) in [6, 6.07) is 4.57. The van der Waals surface area contributed by atoms with Crippen LogP contribution < -0.4 is 4.74 Å². The van der Waals surface area contributed by atoms with Crippen molar-refractivity contribution in [3.63, 3.8) is 0 Å². The lowest BCUT2D eigenvalue weighted by molar-refractivity contribution is 0.0975. The monoisotopic (exact) mass is 216 g/mol. The molecular formula is C11H8N2O3. The third kappa shape index (κ3) is 1.41. The topological polar surface area (TPSA) is 82.7 Å². The second kappa shape index (κ2) is 3.66. The molecular weight excluding hydrogens is 208 g/mol. The van der Waals surface area contributed by atoms with Gasteiger partial charge in [-0.1, -0.05) is 0 Å². The molecule has 1 N–H and O–H groups in total. The number of fused-ring (bicyclic) bond motifs is 1. The largest absolute Gasteiger partial charge is 0.504 e. The maximum Gasteiger partial charge on any atom is 0.187 e. The van der Waals surface area contributed by atoms with Gasteiger partial charge >= 0.3 is 0 Å². The van der Waals surface area contributed by atoms with Crippen molar-refractivity contribution in [2.24, 2.45) is 10.9 Å². The average Bonchev–Trinajstić information content (AvgIpc) is 2.30. The van der Waals surface area contributed by atoms with Gasteiger partial charge in [0.1, 0.15) is 5.92 Å². The number of hydrogen-bond donors (Lipinski definition) is 1. The van der Waals surface area contributed by atoms with Crippen LogP contribution in [0.3, 0.4) is 0 Å². The molecule has 80 valence electrons. The van der Waals surface area contributed by atoms with Crippen molar-refractivity contribution >= 4 is 17.7 Å². The van der Waals surface area contributed by atoms with Gasteiger partial charge in [-0.05, 0) is 6.07 Å². The van der Waals surface area contributed by atoms with Crippen molar-refractivity contribution < 1.29 is 14.6 Å². The summed E-state index contributed by atoms with van der Waals surface area (Å²) < 4.78 is 4.90. The molecule has 1 unspecified atom stereocenters. The number of rotatable bonds is 1. The highest BCUT2D eigenvalue weighted by atomic mass is 16.5. The van der Waals surface area contributed by atoms with Gasteiger partial charge in [0, 0.05) is 17.8 Å². The molecule has 1 aliphatic heterocycles. The van der Waals surface area contributed by atoms with Gasteiger partial charge in [-0.25, -0.2) is 0 Å². The second-order valence-electron chi connectivity index (χ2n) is 3.29. The Kier molecular flexibility index (Phi) is 2.33. The van der Waals surface area contributed by atoms with E-state index in [-0.39, 0.29) is 22.8 Å². The van der Waals surface area contributed by atoms with Crippen LogP contribution in [0.5, 0.6) is 11.5 Å². The minimum Gasteiger partial charge on any atom is -0.504 e. The first-order chi connectivity index (χ1) is 7.67. The molecule has 2 rings (SSSR count). The zero-order chi connectivity index (χ0) is 11.7. The summed E-state index contributed by atoms with van der Waals surface area (Å²) >= 11 is 0. The molecule has 1 atom stereocenters. The number of nitrogens with zero attached hydrogens (tertiary/aromatic N) is 2. The van der Waals surface area contributed by atoms with Crippen LogP contribution in [-0.2, 0) is 0 Å². The Morgan fingerprint density at radius 1 is 1.56 bits per heavy atom. The van der Waals surface area contributed by atoms with Gasteiger partial charge < -0.3 is 9.84 Å². The molecule has 1 heterocycles. The Hall–Kier alpha value is -2.35. The van der Waals surface area contributed by atoms with Crippen LogP contribution in [0.1, 0.15) is 10.4 Å². The van der Waals surface area contributed by atoms with Gasteiger partial charge in [0.25, 0.3) is 0 Å². The van der Waals surface area contributed by atoms with E-state index >= 15 is 0 Å². The average molecular weight is 216 g/mol. The molecule has 0 radical (unpaired) electrons. The smallest absolute Gasteiger partial charge is 0.187 e. The summed E-state index contributed by atoms with van der Waals surface area (Å²) in [5.41, 5.74) is 0.651. The Labute approximate surface area is 91.6 Å². The number of phenols is 1. The van der Waals surface area contributed by atoms with Gasteiger partial charge in [-0.2, -0.15) is 5.26 Å². The SMILES string of the molecule is COc1cc2c(cc1O)C(=O)C(C#N)C=N2. The first-order valence-electron chi connectivity index (χ1n) is 4.56. The van der Waals surface area contributed by atoms with Gasteiger partial charge in [0.2, 0.25) is 0 Å². The van der Waals surface area contributed by atoms with Gasteiger partial charge in [-0.3, -0.25) is 9.79 Å². The van der Waals surface area contributed by atoms with E-state index in [1.165, 1.54) is 25.5 Å². The molecule has 5 nitrogen and oxygen atoms in total. The molecule has 0 bridgehead atoms. The number of methoxy groups -OCH3 is 1. The second-order valence-corrected chi connectivity index (χ2v) is 3.29. The highest BCUT2D eigenvalue weighted by Gasteiger charge is 2.26. The number of hydrogen-bond acceptors (Lipinski definition) is 5. The highest BCUT2D eigenvalue weighted by Crippen LogP contribution is 2.36. The fourth-order valence-electron chi connectivity index (χ4n) is 1.51. The maximum atomic E-state index is 11.7. The van der Waals surface area contributed by atoms with Crippen molar-refractivity contribution in [3.05, 3.63) is 17.7 Å². The van der Waals surface area contributed by atoms with Gasteiger partial charge in [-0.15, -0.1) is 0 Å². The third-order valence-corrected chi connectivity index (χ3v) is 2.35. The molecule has 1 aromatic carbocycles. The molecule has 1 aliphatic rings. The number of aromatic hydroxyl groups is 1. The third-order valence-electron chi connectivity index (χ3n) is 2.35. The minimum absolute atomic E-state index is 0.136. The number of nitriles is 1. The van der Waals surface area contributed by atoms with E-state index in [9.17, 15) is 9.90 Å². The van der Waals surface area contributed by atoms with Crippen molar-refractivity contribution in [1.29, 1.82) is 5.26 Å². The Balaban J connectivity index is 2.58. The predicted octanol–water partition coefficient (Wildman–Crippen LogP) is 1.44. The van der Waals surface area contributed by atoms with E-state index in [1.807, 2.05) is 6.07 Å². The normalized spacial score (nSPS) is 17.8. The molecule has 1 aromatic rings. The van der Waals surface area contributed by atoms with Crippen LogP contribution in [-0.4, -0.2) is 24.2 Å². The van der Waals surface area contributed by atoms with Crippen molar-refractivity contribution in [2.75, 3.05) is 7.11 Å². The van der Waals surface area contributed by atoms with Crippen LogP contribution in [0.25, 0.3) is 0 Å². The van der Waals surface area contributed by atoms with Gasteiger partial charge in [0.15, 0.2) is 17.3 Å². The van der Waals surface area contributed by atoms with Crippen LogP contribution in [0.4, 0.5) is 5.69 Å². The lowest BCUT2D eigenvalue weighted by atomic mass is 9.95. The Morgan fingerprint density at radius 3 is 2.94 bits per heavy atom. The summed E-state index contributed by atoms with van der Waals surface area (Å²) in [5, 5.41) is 18.2. The van der Waals surface area contributed by atoms with E-state index in [0.29, 0.717) is 5.69 Å². The van der Waals surface area contributed by atoms with Crippen molar-refractivity contribution in [1.82, 2.24) is 0 Å². The standard InChI is InChI=1S/C11H8N2O3/c1-16-10-3-8-7(2-9(10)14)11(15)6(4-12)5-13-8/h2-3,5-6,14H,1H3. The molecule has 0 aliphatic carbocycles. The molecule has 16 heavy (non-hydrogen) atoms. The lowest BCUT2D eigenvalue weighted by Gasteiger charge is -2.14. The maximum absolute atomic E-state index is 11.7. The number of aliphatic imine (C=N–C) groups is 1. The summed E-state index contributed by atoms with van der Waals surface area (Å²) in [7, 11) is 1.41. The van der Waals surface area contributed by atoms with Crippen LogP contribution >= 0.6 is 0 Å².